The molecular formula is C20H19N. The van der Waals surface area contributed by atoms with Crippen molar-refractivity contribution in [2.24, 2.45) is 11.7 Å². The molecule has 1 heteroatoms. The van der Waals surface area contributed by atoms with Crippen LogP contribution in [0.4, 0.5) is 0 Å². The molecule has 1 aliphatic rings. The maximum atomic E-state index is 6.65. The first-order chi connectivity index (χ1) is 10.3. The molecule has 4 rings (SSSR count). The van der Waals surface area contributed by atoms with Gasteiger partial charge < -0.3 is 5.73 Å². The first kappa shape index (κ1) is 12.6. The summed E-state index contributed by atoms with van der Waals surface area (Å²) in [6, 6.07) is 23.9. The zero-order valence-corrected chi connectivity index (χ0v) is 12.0. The highest BCUT2D eigenvalue weighted by atomic mass is 14.7. The van der Waals surface area contributed by atoms with Gasteiger partial charge in [-0.25, -0.2) is 0 Å². The monoisotopic (exact) mass is 273 g/mol. The summed E-state index contributed by atoms with van der Waals surface area (Å²) in [6.45, 7) is 0. The molecule has 0 spiro atoms. The minimum absolute atomic E-state index is 0.100. The lowest BCUT2D eigenvalue weighted by molar-refractivity contribution is 0.456. The van der Waals surface area contributed by atoms with Crippen LogP contribution >= 0.6 is 0 Å². The van der Waals surface area contributed by atoms with E-state index in [1.807, 2.05) is 0 Å². The smallest absolute Gasteiger partial charge is 0.0336 e. The molecular weight excluding hydrogens is 254 g/mol. The van der Waals surface area contributed by atoms with Crippen LogP contribution in [0.3, 0.4) is 0 Å². The molecule has 0 heterocycles. The van der Waals surface area contributed by atoms with E-state index in [1.54, 1.807) is 0 Å². The van der Waals surface area contributed by atoms with E-state index in [1.165, 1.54) is 27.5 Å². The van der Waals surface area contributed by atoms with Crippen LogP contribution in [0.5, 0.6) is 0 Å². The molecule has 0 amide bonds. The molecule has 1 nitrogen and oxygen atoms in total. The van der Waals surface area contributed by atoms with Gasteiger partial charge >= 0.3 is 0 Å². The number of hydrogen-bond donors (Lipinski definition) is 1. The highest BCUT2D eigenvalue weighted by Crippen LogP contribution is 2.36. The van der Waals surface area contributed by atoms with Crippen molar-refractivity contribution in [1.29, 1.82) is 0 Å². The van der Waals surface area contributed by atoms with Crippen molar-refractivity contribution >= 4 is 10.8 Å². The van der Waals surface area contributed by atoms with Crippen molar-refractivity contribution in [2.75, 3.05) is 0 Å². The van der Waals surface area contributed by atoms with Crippen LogP contribution in [0, 0.1) is 5.92 Å². The van der Waals surface area contributed by atoms with Gasteiger partial charge in [-0.3, -0.25) is 0 Å². The summed E-state index contributed by atoms with van der Waals surface area (Å²) in [7, 11) is 0. The van der Waals surface area contributed by atoms with E-state index < -0.39 is 0 Å². The van der Waals surface area contributed by atoms with Gasteiger partial charge in [0.1, 0.15) is 0 Å². The zero-order chi connectivity index (χ0) is 14.2. The van der Waals surface area contributed by atoms with Crippen LogP contribution in [0.15, 0.2) is 66.7 Å². The highest BCUT2D eigenvalue weighted by molar-refractivity contribution is 5.86. The third-order valence-electron chi connectivity index (χ3n) is 4.77. The quantitative estimate of drug-likeness (QED) is 0.742. The fourth-order valence-electron chi connectivity index (χ4n) is 3.64. The van der Waals surface area contributed by atoms with Crippen LogP contribution in [-0.4, -0.2) is 0 Å². The second-order valence-corrected chi connectivity index (χ2v) is 6.03. The van der Waals surface area contributed by atoms with Gasteiger partial charge in [0.05, 0.1) is 0 Å². The molecule has 0 bridgehead atoms. The molecule has 2 N–H and O–H groups in total. The molecule has 3 aromatic rings. The Morgan fingerprint density at radius 1 is 0.762 bits per heavy atom. The fraction of sp³-hybridized carbons (Fsp3) is 0.200. The lowest BCUT2D eigenvalue weighted by atomic mass is 9.88. The standard InChI is InChI=1S/C20H19N/c21-20(17-12-15-7-1-2-8-16(15)13-17)19-11-5-9-14-6-3-4-10-18(14)19/h1-11,17,20H,12-13,21H2. The maximum absolute atomic E-state index is 6.65. The number of nitrogens with two attached hydrogens (primary N) is 1. The number of hydrogen-bond acceptors (Lipinski definition) is 1. The second-order valence-electron chi connectivity index (χ2n) is 6.03. The molecule has 1 unspecified atom stereocenters. The van der Waals surface area contributed by atoms with Gasteiger partial charge in [0, 0.05) is 6.04 Å². The third kappa shape index (κ3) is 2.14. The first-order valence-electron chi connectivity index (χ1n) is 7.63. The maximum Gasteiger partial charge on any atom is 0.0336 e. The molecule has 0 saturated carbocycles. The van der Waals surface area contributed by atoms with Gasteiger partial charge in [-0.05, 0) is 46.2 Å². The van der Waals surface area contributed by atoms with Gasteiger partial charge in [-0.2, -0.15) is 0 Å². The van der Waals surface area contributed by atoms with Crippen molar-refractivity contribution in [1.82, 2.24) is 0 Å². The predicted octanol–water partition coefficient (Wildman–Crippen LogP) is 4.25. The molecule has 0 aliphatic heterocycles. The summed E-state index contributed by atoms with van der Waals surface area (Å²) in [6.07, 6.45) is 2.20. The minimum Gasteiger partial charge on any atom is -0.324 e. The zero-order valence-electron chi connectivity index (χ0n) is 12.0. The summed E-state index contributed by atoms with van der Waals surface area (Å²) in [5.41, 5.74) is 10.9. The Hall–Kier alpha value is -2.12. The van der Waals surface area contributed by atoms with Crippen LogP contribution in [-0.2, 0) is 12.8 Å². The Morgan fingerprint density at radius 3 is 2.14 bits per heavy atom. The van der Waals surface area contributed by atoms with E-state index in [4.69, 9.17) is 5.73 Å². The lowest BCUT2D eigenvalue weighted by Gasteiger charge is -2.21. The van der Waals surface area contributed by atoms with E-state index in [-0.39, 0.29) is 6.04 Å². The molecule has 0 fully saturated rings. The van der Waals surface area contributed by atoms with Crippen LogP contribution < -0.4 is 5.73 Å². The molecule has 0 saturated heterocycles. The van der Waals surface area contributed by atoms with Crippen molar-refractivity contribution in [3.63, 3.8) is 0 Å². The Morgan fingerprint density at radius 2 is 1.38 bits per heavy atom. The van der Waals surface area contributed by atoms with Crippen LogP contribution in [0.2, 0.25) is 0 Å². The van der Waals surface area contributed by atoms with E-state index in [0.29, 0.717) is 5.92 Å². The Kier molecular flexibility index (Phi) is 3.01. The summed E-state index contributed by atoms with van der Waals surface area (Å²) in [5, 5.41) is 2.57. The summed E-state index contributed by atoms with van der Waals surface area (Å²) < 4.78 is 0. The number of fused-ring (bicyclic) bond motifs is 2. The molecule has 104 valence electrons. The summed E-state index contributed by atoms with van der Waals surface area (Å²) in [4.78, 5) is 0. The highest BCUT2D eigenvalue weighted by Gasteiger charge is 2.27. The average molecular weight is 273 g/mol. The van der Waals surface area contributed by atoms with Crippen molar-refractivity contribution in [3.05, 3.63) is 83.4 Å². The summed E-state index contributed by atoms with van der Waals surface area (Å²) in [5.74, 6) is 0.508. The van der Waals surface area contributed by atoms with E-state index in [9.17, 15) is 0 Å². The van der Waals surface area contributed by atoms with Crippen molar-refractivity contribution in [2.45, 2.75) is 18.9 Å². The van der Waals surface area contributed by atoms with Crippen LogP contribution in [0.25, 0.3) is 10.8 Å². The Balaban J connectivity index is 1.71. The molecule has 1 atom stereocenters. The molecule has 0 aromatic heterocycles. The SMILES string of the molecule is NC(c1cccc2ccccc12)C1Cc2ccccc2C1. The van der Waals surface area contributed by atoms with Gasteiger partial charge in [-0.1, -0.05) is 66.7 Å². The first-order valence-corrected chi connectivity index (χ1v) is 7.63. The van der Waals surface area contributed by atoms with Gasteiger partial charge in [0.25, 0.3) is 0 Å². The van der Waals surface area contributed by atoms with Gasteiger partial charge in [-0.15, -0.1) is 0 Å². The molecule has 1 aliphatic carbocycles. The van der Waals surface area contributed by atoms with Crippen molar-refractivity contribution < 1.29 is 0 Å². The third-order valence-corrected chi connectivity index (χ3v) is 4.77. The van der Waals surface area contributed by atoms with Gasteiger partial charge in [0.15, 0.2) is 0 Å². The molecule has 0 radical (unpaired) electrons. The van der Waals surface area contributed by atoms with Gasteiger partial charge in [0.2, 0.25) is 0 Å². The lowest BCUT2D eigenvalue weighted by Crippen LogP contribution is -2.22. The predicted molar refractivity (Wildman–Crippen MR) is 88.2 cm³/mol. The number of rotatable bonds is 2. The largest absolute Gasteiger partial charge is 0.324 e. The minimum atomic E-state index is 0.100. The molecule has 3 aromatic carbocycles. The van der Waals surface area contributed by atoms with Crippen molar-refractivity contribution in [3.8, 4) is 0 Å². The number of benzene rings is 3. The van der Waals surface area contributed by atoms with E-state index in [0.717, 1.165) is 12.8 Å². The fourth-order valence-corrected chi connectivity index (χ4v) is 3.64. The van der Waals surface area contributed by atoms with E-state index in [2.05, 4.69) is 66.7 Å². The van der Waals surface area contributed by atoms with Crippen LogP contribution in [0.1, 0.15) is 22.7 Å². The average Bonchev–Trinajstić information content (AvgIpc) is 2.97. The Labute approximate surface area is 125 Å². The summed E-state index contributed by atoms with van der Waals surface area (Å²) >= 11 is 0. The Bertz CT molecular complexity index is 760. The van der Waals surface area contributed by atoms with E-state index >= 15 is 0 Å². The topological polar surface area (TPSA) is 26.0 Å². The second kappa shape index (κ2) is 5.01. The molecule has 21 heavy (non-hydrogen) atoms. The normalized spacial score (nSPS) is 16.0.